The SMILES string of the molecule is COc1ccc(CCN(Cc2sccc2C)C(=O)CN(CCN2CCCC2)C(=O)c2ccccc2OC)cc1OC. The molecule has 1 aromatic heterocycles. The van der Waals surface area contributed by atoms with Crippen LogP contribution in [-0.4, -0.2) is 87.1 Å². The van der Waals surface area contributed by atoms with E-state index < -0.39 is 0 Å². The van der Waals surface area contributed by atoms with E-state index >= 15 is 0 Å². The van der Waals surface area contributed by atoms with Crippen molar-refractivity contribution in [1.29, 1.82) is 0 Å². The van der Waals surface area contributed by atoms with Crippen LogP contribution in [0.1, 0.15) is 39.2 Å². The Morgan fingerprint density at radius 3 is 2.29 bits per heavy atom. The molecule has 0 radical (unpaired) electrons. The molecular weight excluding hydrogens is 538 g/mol. The van der Waals surface area contributed by atoms with Gasteiger partial charge in [-0.1, -0.05) is 18.2 Å². The number of hydrogen-bond donors (Lipinski definition) is 0. The van der Waals surface area contributed by atoms with Gasteiger partial charge in [0.15, 0.2) is 11.5 Å². The van der Waals surface area contributed by atoms with Crippen LogP contribution in [0.2, 0.25) is 0 Å². The monoisotopic (exact) mass is 579 g/mol. The molecule has 1 aliphatic rings. The Kier molecular flexibility index (Phi) is 11.0. The van der Waals surface area contributed by atoms with E-state index in [0.717, 1.165) is 35.6 Å². The lowest BCUT2D eigenvalue weighted by Gasteiger charge is -2.29. The van der Waals surface area contributed by atoms with Crippen molar-refractivity contribution in [3.8, 4) is 17.2 Å². The Bertz CT molecular complexity index is 1300. The highest BCUT2D eigenvalue weighted by molar-refractivity contribution is 7.10. The largest absolute Gasteiger partial charge is 0.496 e. The first-order valence-corrected chi connectivity index (χ1v) is 15.0. The van der Waals surface area contributed by atoms with Crippen molar-refractivity contribution >= 4 is 23.2 Å². The Morgan fingerprint density at radius 2 is 1.61 bits per heavy atom. The first-order valence-electron chi connectivity index (χ1n) is 14.1. The van der Waals surface area contributed by atoms with Crippen LogP contribution in [0.3, 0.4) is 0 Å². The molecule has 41 heavy (non-hydrogen) atoms. The number of ether oxygens (including phenoxy) is 3. The van der Waals surface area contributed by atoms with Gasteiger partial charge in [-0.15, -0.1) is 11.3 Å². The molecule has 0 spiro atoms. The molecule has 4 rings (SSSR count). The highest BCUT2D eigenvalue weighted by Crippen LogP contribution is 2.28. The Labute approximate surface area is 247 Å². The van der Waals surface area contributed by atoms with E-state index in [4.69, 9.17) is 14.2 Å². The first kappa shape index (κ1) is 30.4. The van der Waals surface area contributed by atoms with Crippen molar-refractivity contribution in [2.24, 2.45) is 0 Å². The van der Waals surface area contributed by atoms with E-state index in [1.807, 2.05) is 35.2 Å². The zero-order valence-corrected chi connectivity index (χ0v) is 25.4. The maximum Gasteiger partial charge on any atom is 0.258 e. The van der Waals surface area contributed by atoms with Gasteiger partial charge >= 0.3 is 0 Å². The summed E-state index contributed by atoms with van der Waals surface area (Å²) in [4.78, 5) is 34.8. The fourth-order valence-electron chi connectivity index (χ4n) is 5.11. The summed E-state index contributed by atoms with van der Waals surface area (Å²) in [6.45, 7) is 6.35. The Hall–Kier alpha value is -3.56. The highest BCUT2D eigenvalue weighted by Gasteiger charge is 2.26. The predicted molar refractivity (Wildman–Crippen MR) is 162 cm³/mol. The summed E-state index contributed by atoms with van der Waals surface area (Å²) in [6, 6.07) is 15.1. The van der Waals surface area contributed by atoms with Gasteiger partial charge in [0.05, 0.1) is 33.4 Å². The third-order valence-corrected chi connectivity index (χ3v) is 8.62. The van der Waals surface area contributed by atoms with Crippen LogP contribution in [0.5, 0.6) is 17.2 Å². The molecular formula is C32H41N3O5S. The van der Waals surface area contributed by atoms with E-state index in [0.29, 0.717) is 48.9 Å². The Morgan fingerprint density at radius 1 is 0.878 bits per heavy atom. The van der Waals surface area contributed by atoms with Crippen LogP contribution in [0.15, 0.2) is 53.9 Å². The minimum atomic E-state index is -0.192. The lowest BCUT2D eigenvalue weighted by Crippen LogP contribution is -2.45. The molecule has 9 heteroatoms. The molecule has 3 aromatic rings. The van der Waals surface area contributed by atoms with Gasteiger partial charge in [-0.05, 0) is 86.1 Å². The van der Waals surface area contributed by atoms with Crippen LogP contribution < -0.4 is 14.2 Å². The molecule has 1 saturated heterocycles. The maximum absolute atomic E-state index is 14.0. The third kappa shape index (κ3) is 8.01. The zero-order chi connectivity index (χ0) is 29.2. The first-order chi connectivity index (χ1) is 19.9. The molecule has 0 bridgehead atoms. The normalized spacial score (nSPS) is 13.2. The fourth-order valence-corrected chi connectivity index (χ4v) is 6.03. The molecule has 0 saturated carbocycles. The Balaban J connectivity index is 1.55. The second-order valence-corrected chi connectivity index (χ2v) is 11.3. The molecule has 2 heterocycles. The minimum Gasteiger partial charge on any atom is -0.496 e. The van der Waals surface area contributed by atoms with Crippen LogP contribution in [0.4, 0.5) is 0 Å². The number of thiophene rings is 1. The predicted octanol–water partition coefficient (Wildman–Crippen LogP) is 4.89. The standard InChI is InChI=1S/C32H41N3O5S/c1-24-14-20-41-30(24)22-34(17-13-25-11-12-28(39-3)29(21-25)40-4)31(36)23-35(19-18-33-15-7-8-16-33)32(37)26-9-5-6-10-27(26)38-2/h5-6,9-12,14,20-21H,7-8,13,15-19,22-23H2,1-4H3. The molecule has 2 amide bonds. The van der Waals surface area contributed by atoms with Gasteiger partial charge < -0.3 is 28.9 Å². The van der Waals surface area contributed by atoms with E-state index in [1.165, 1.54) is 12.8 Å². The topological polar surface area (TPSA) is 71.6 Å². The second-order valence-electron chi connectivity index (χ2n) is 10.3. The molecule has 0 N–H and O–H groups in total. The van der Waals surface area contributed by atoms with Crippen LogP contribution >= 0.6 is 11.3 Å². The number of rotatable bonds is 14. The van der Waals surface area contributed by atoms with Crippen molar-refractivity contribution in [3.05, 3.63) is 75.5 Å². The number of amides is 2. The van der Waals surface area contributed by atoms with Gasteiger partial charge in [0.2, 0.25) is 5.91 Å². The van der Waals surface area contributed by atoms with Crippen molar-refractivity contribution < 1.29 is 23.8 Å². The molecule has 0 atom stereocenters. The molecule has 0 aliphatic carbocycles. The summed E-state index contributed by atoms with van der Waals surface area (Å²) in [5.41, 5.74) is 2.67. The second kappa shape index (κ2) is 14.9. The lowest BCUT2D eigenvalue weighted by molar-refractivity contribution is -0.132. The minimum absolute atomic E-state index is 0.00107. The molecule has 0 unspecified atom stereocenters. The van der Waals surface area contributed by atoms with Crippen molar-refractivity contribution in [1.82, 2.24) is 14.7 Å². The van der Waals surface area contributed by atoms with Crippen LogP contribution in [-0.2, 0) is 17.8 Å². The number of hydrogen-bond acceptors (Lipinski definition) is 7. The average Bonchev–Trinajstić information content (AvgIpc) is 3.68. The molecule has 1 fully saturated rings. The number of para-hydroxylation sites is 1. The number of likely N-dealkylation sites (tertiary alicyclic amines) is 1. The number of methoxy groups -OCH3 is 3. The van der Waals surface area contributed by atoms with Gasteiger partial charge in [-0.2, -0.15) is 0 Å². The number of carbonyl (C=O) groups excluding carboxylic acids is 2. The molecule has 220 valence electrons. The lowest BCUT2D eigenvalue weighted by atomic mass is 10.1. The van der Waals surface area contributed by atoms with Gasteiger partial charge in [-0.25, -0.2) is 0 Å². The van der Waals surface area contributed by atoms with Gasteiger partial charge in [0.1, 0.15) is 12.3 Å². The third-order valence-electron chi connectivity index (χ3n) is 7.61. The van der Waals surface area contributed by atoms with E-state index in [2.05, 4.69) is 23.3 Å². The van der Waals surface area contributed by atoms with E-state index in [1.54, 1.807) is 49.7 Å². The molecule has 8 nitrogen and oxygen atoms in total. The van der Waals surface area contributed by atoms with Crippen molar-refractivity contribution in [2.75, 3.05) is 60.6 Å². The quantitative estimate of drug-likeness (QED) is 0.271. The van der Waals surface area contributed by atoms with Crippen LogP contribution in [0.25, 0.3) is 0 Å². The number of nitrogens with zero attached hydrogens (tertiary/aromatic N) is 3. The summed E-state index contributed by atoms with van der Waals surface area (Å²) >= 11 is 1.65. The average molecular weight is 580 g/mol. The smallest absolute Gasteiger partial charge is 0.258 e. The number of aryl methyl sites for hydroxylation is 1. The summed E-state index contributed by atoms with van der Waals surface area (Å²) in [6.07, 6.45) is 2.98. The van der Waals surface area contributed by atoms with Crippen LogP contribution in [0, 0.1) is 6.92 Å². The summed E-state index contributed by atoms with van der Waals surface area (Å²) in [5, 5.41) is 2.05. The molecule has 1 aliphatic heterocycles. The summed E-state index contributed by atoms with van der Waals surface area (Å²) < 4.78 is 16.3. The van der Waals surface area contributed by atoms with E-state index in [9.17, 15) is 9.59 Å². The van der Waals surface area contributed by atoms with E-state index in [-0.39, 0.29) is 18.4 Å². The number of benzene rings is 2. The fraction of sp³-hybridized carbons (Fsp3) is 0.438. The summed E-state index contributed by atoms with van der Waals surface area (Å²) in [7, 11) is 4.79. The van der Waals surface area contributed by atoms with Gasteiger partial charge in [0.25, 0.3) is 5.91 Å². The van der Waals surface area contributed by atoms with Crippen molar-refractivity contribution in [2.45, 2.75) is 32.7 Å². The zero-order valence-electron chi connectivity index (χ0n) is 24.6. The highest BCUT2D eigenvalue weighted by atomic mass is 32.1. The molecule has 2 aromatic carbocycles. The van der Waals surface area contributed by atoms with Crippen molar-refractivity contribution in [3.63, 3.8) is 0 Å². The van der Waals surface area contributed by atoms with Gasteiger partial charge in [-0.3, -0.25) is 9.59 Å². The number of carbonyl (C=O) groups is 2. The van der Waals surface area contributed by atoms with Gasteiger partial charge in [0, 0.05) is 24.5 Å². The maximum atomic E-state index is 14.0. The summed E-state index contributed by atoms with van der Waals surface area (Å²) in [5.74, 6) is 1.56.